The van der Waals surface area contributed by atoms with Gasteiger partial charge in [0.15, 0.2) is 0 Å². The van der Waals surface area contributed by atoms with E-state index in [-0.39, 0.29) is 45.7 Å². The molecule has 0 fully saturated rings. The fourth-order valence-electron chi connectivity index (χ4n) is 6.33. The Bertz CT molecular complexity index is 2840. The van der Waals surface area contributed by atoms with E-state index in [0.29, 0.717) is 38.8 Å². The molecule has 0 spiro atoms. The minimum atomic E-state index is -0.432. The first-order valence-electron chi connectivity index (χ1n) is 17.5. The summed E-state index contributed by atoms with van der Waals surface area (Å²) < 4.78 is 78.9. The van der Waals surface area contributed by atoms with Gasteiger partial charge in [0, 0.05) is 10.8 Å². The Balaban J connectivity index is 1.61. The smallest absolute Gasteiger partial charge is 0.136 e. The highest BCUT2D eigenvalue weighted by atomic mass is 16.3. The molecule has 0 radical (unpaired) electrons. The molecule has 1 heteroatoms. The van der Waals surface area contributed by atoms with Crippen LogP contribution in [0.1, 0.15) is 11.0 Å². The van der Waals surface area contributed by atoms with E-state index in [1.54, 1.807) is 6.07 Å². The minimum Gasteiger partial charge on any atom is -0.456 e. The molecule has 9 rings (SSSR count). The Morgan fingerprint density at radius 1 is 0.415 bits per heavy atom. The predicted octanol–water partition coefficient (Wildman–Crippen LogP) is 11.5. The third-order valence-corrected chi connectivity index (χ3v) is 8.07. The van der Waals surface area contributed by atoms with E-state index in [2.05, 4.69) is 0 Å². The number of rotatable bonds is 2. The van der Waals surface area contributed by atoms with Gasteiger partial charge in [0.25, 0.3) is 0 Å². The van der Waals surface area contributed by atoms with Crippen molar-refractivity contribution < 1.29 is 15.4 Å². The number of hydrogen-bond donors (Lipinski definition) is 0. The maximum atomic E-state index is 9.37. The van der Waals surface area contributed by atoms with Crippen LogP contribution in [0.5, 0.6) is 0 Å². The van der Waals surface area contributed by atoms with Crippen molar-refractivity contribution in [2.24, 2.45) is 0 Å². The molecule has 190 valence electrons. The third kappa shape index (κ3) is 3.24. The molecule has 0 atom stereocenters. The van der Waals surface area contributed by atoms with Crippen molar-refractivity contribution in [1.29, 1.82) is 0 Å². The van der Waals surface area contributed by atoms with E-state index < -0.39 is 24.2 Å². The molecule has 1 nitrogen and oxygen atoms in total. The second-order valence-electron chi connectivity index (χ2n) is 10.3. The Labute approximate surface area is 248 Å². The van der Waals surface area contributed by atoms with Crippen LogP contribution in [0, 0.1) is 0 Å². The maximum absolute atomic E-state index is 9.37. The number of fused-ring (bicyclic) bond motifs is 7. The molecule has 0 saturated carbocycles. The summed E-state index contributed by atoms with van der Waals surface area (Å²) in [4.78, 5) is 0. The van der Waals surface area contributed by atoms with Crippen molar-refractivity contribution in [3.63, 3.8) is 0 Å². The van der Waals surface area contributed by atoms with Crippen molar-refractivity contribution in [1.82, 2.24) is 0 Å². The molecule has 0 aliphatic rings. The van der Waals surface area contributed by atoms with Crippen LogP contribution in [0.2, 0.25) is 0 Å². The van der Waals surface area contributed by atoms with Crippen molar-refractivity contribution >= 4 is 65.0 Å². The quantitative estimate of drug-likeness (QED) is 0.203. The Hall–Kier alpha value is -5.40. The van der Waals surface area contributed by atoms with Gasteiger partial charge in [-0.3, -0.25) is 0 Å². The van der Waals surface area contributed by atoms with Crippen LogP contribution in [0.4, 0.5) is 0 Å². The Morgan fingerprint density at radius 3 is 1.66 bits per heavy atom. The number of furan rings is 1. The summed E-state index contributed by atoms with van der Waals surface area (Å²) in [5.74, 6) is 0. The molecule has 0 amide bonds. The van der Waals surface area contributed by atoms with Gasteiger partial charge >= 0.3 is 0 Å². The van der Waals surface area contributed by atoms with Crippen molar-refractivity contribution in [2.45, 2.75) is 0 Å². The molecule has 8 aromatic carbocycles. The van der Waals surface area contributed by atoms with Gasteiger partial charge in [-0.2, -0.15) is 0 Å². The summed E-state index contributed by atoms with van der Waals surface area (Å²) in [5.41, 5.74) is 2.96. The van der Waals surface area contributed by atoms with Crippen molar-refractivity contribution in [3.8, 4) is 22.3 Å². The molecule has 9 aromatic rings. The third-order valence-electron chi connectivity index (χ3n) is 8.07. The van der Waals surface area contributed by atoms with E-state index >= 15 is 0 Å². The van der Waals surface area contributed by atoms with Gasteiger partial charge in [-0.05, 0) is 83.5 Å². The highest BCUT2D eigenvalue weighted by molar-refractivity contribution is 6.27. The van der Waals surface area contributed by atoms with Crippen LogP contribution in [-0.2, 0) is 0 Å². The summed E-state index contributed by atoms with van der Waals surface area (Å²) in [6.07, 6.45) is 0. The van der Waals surface area contributed by atoms with E-state index in [0.717, 1.165) is 26.9 Å². The van der Waals surface area contributed by atoms with Gasteiger partial charge in [-0.1, -0.05) is 127 Å². The number of hydrogen-bond acceptors (Lipinski definition) is 1. The SMILES string of the molecule is [2H]c1c([2H])c([2H])c2c(-c3cccc4oc5cc6ccccc6cc5c34)c3c([2H])c([2H])c([2H])c([2H])c3c(-c3cccc4ccccc34)c2c1[2H]. The van der Waals surface area contributed by atoms with Gasteiger partial charge in [0.1, 0.15) is 11.2 Å². The lowest BCUT2D eigenvalue weighted by Crippen LogP contribution is -1.92. The Morgan fingerprint density at radius 2 is 0.951 bits per heavy atom. The van der Waals surface area contributed by atoms with Gasteiger partial charge in [-0.25, -0.2) is 0 Å². The molecular weight excluding hydrogens is 496 g/mol. The van der Waals surface area contributed by atoms with Crippen LogP contribution < -0.4 is 0 Å². The first-order valence-corrected chi connectivity index (χ1v) is 13.5. The first kappa shape index (κ1) is 16.0. The zero-order valence-corrected chi connectivity index (χ0v) is 21.6. The second-order valence-corrected chi connectivity index (χ2v) is 10.3. The maximum Gasteiger partial charge on any atom is 0.136 e. The molecule has 0 saturated heterocycles. The summed E-state index contributed by atoms with van der Waals surface area (Å²) >= 11 is 0. The molecule has 0 aliphatic heterocycles. The standard InChI is InChI=1S/C40H24O/c1-2-13-27-24-37-35(23-26(27)12-1)40-34(21-10-22-36(40)41-37)39-32-18-7-5-16-30(32)38(31-17-6-8-19-33(31)39)29-20-9-14-25-11-3-4-15-28(25)29/h1-24H/i5D,6D,7D,8D,16D,17D,18D,19D. The molecule has 0 bridgehead atoms. The lowest BCUT2D eigenvalue weighted by atomic mass is 9.84. The lowest BCUT2D eigenvalue weighted by molar-refractivity contribution is 0.669. The van der Waals surface area contributed by atoms with Crippen LogP contribution in [0.15, 0.2) is 150 Å². The highest BCUT2D eigenvalue weighted by Crippen LogP contribution is 2.48. The number of benzene rings is 8. The van der Waals surface area contributed by atoms with Crippen LogP contribution in [-0.4, -0.2) is 0 Å². The van der Waals surface area contributed by atoms with E-state index in [9.17, 15) is 5.48 Å². The second kappa shape index (κ2) is 8.55. The fraction of sp³-hybridized carbons (Fsp3) is 0. The van der Waals surface area contributed by atoms with Crippen molar-refractivity contribution in [3.05, 3.63) is 145 Å². The molecule has 41 heavy (non-hydrogen) atoms. The minimum absolute atomic E-state index is 0.175. The van der Waals surface area contributed by atoms with E-state index in [1.807, 2.05) is 91.0 Å². The zero-order chi connectivity index (χ0) is 33.9. The lowest BCUT2D eigenvalue weighted by Gasteiger charge is -2.19. The largest absolute Gasteiger partial charge is 0.456 e. The summed E-state index contributed by atoms with van der Waals surface area (Å²) in [6, 6.07) is 27.8. The predicted molar refractivity (Wildman–Crippen MR) is 175 cm³/mol. The molecule has 0 aliphatic carbocycles. The van der Waals surface area contributed by atoms with Gasteiger partial charge in [-0.15, -0.1) is 0 Å². The Kier molecular flexibility index (Phi) is 3.34. The van der Waals surface area contributed by atoms with Crippen LogP contribution in [0.25, 0.3) is 87.3 Å². The molecule has 1 aromatic heterocycles. The normalized spacial score (nSPS) is 14.6. The van der Waals surface area contributed by atoms with Crippen LogP contribution >= 0.6 is 0 Å². The average molecular weight is 529 g/mol. The topological polar surface area (TPSA) is 13.1 Å². The van der Waals surface area contributed by atoms with Gasteiger partial charge < -0.3 is 4.42 Å². The molecular formula is C40H24O. The average Bonchev–Trinajstić information content (AvgIpc) is 3.49. The van der Waals surface area contributed by atoms with Gasteiger partial charge in [0.05, 0.1) is 11.0 Å². The summed E-state index contributed by atoms with van der Waals surface area (Å²) in [7, 11) is 0. The molecule has 0 N–H and O–H groups in total. The zero-order valence-electron chi connectivity index (χ0n) is 29.6. The van der Waals surface area contributed by atoms with E-state index in [1.165, 1.54) is 0 Å². The van der Waals surface area contributed by atoms with Gasteiger partial charge in [0.2, 0.25) is 0 Å². The van der Waals surface area contributed by atoms with Crippen molar-refractivity contribution in [2.75, 3.05) is 0 Å². The van der Waals surface area contributed by atoms with E-state index in [4.69, 9.17) is 9.90 Å². The molecule has 1 heterocycles. The molecule has 0 unspecified atom stereocenters. The highest BCUT2D eigenvalue weighted by Gasteiger charge is 2.21. The first-order chi connectivity index (χ1) is 23.7. The summed E-state index contributed by atoms with van der Waals surface area (Å²) in [5, 5.41) is 5.84. The summed E-state index contributed by atoms with van der Waals surface area (Å²) in [6.45, 7) is 0. The monoisotopic (exact) mass is 528 g/mol. The fourth-order valence-corrected chi connectivity index (χ4v) is 6.33. The van der Waals surface area contributed by atoms with Crippen LogP contribution in [0.3, 0.4) is 0 Å².